The molecule has 4 heteroatoms. The number of anilines is 1. The maximum absolute atomic E-state index is 11.4. The Morgan fingerprint density at radius 1 is 1.14 bits per heavy atom. The lowest BCUT2D eigenvalue weighted by molar-refractivity contribution is 0.0601. The molecule has 0 unspecified atom stereocenters. The van der Waals surface area contributed by atoms with Gasteiger partial charge in [-0.2, -0.15) is 0 Å². The van der Waals surface area contributed by atoms with Crippen LogP contribution in [-0.2, 0) is 4.74 Å². The molecule has 0 saturated carbocycles. The number of halogens is 1. The van der Waals surface area contributed by atoms with Crippen molar-refractivity contribution in [2.75, 3.05) is 19.1 Å². The summed E-state index contributed by atoms with van der Waals surface area (Å²) in [7, 11) is 3.38. The molecule has 0 aliphatic carbocycles. The summed E-state index contributed by atoms with van der Waals surface area (Å²) in [5, 5.41) is 0.753. The molecule has 2 aromatic rings. The first-order valence-electron chi connectivity index (χ1n) is 6.70. The van der Waals surface area contributed by atoms with Crippen molar-refractivity contribution in [1.29, 1.82) is 0 Å². The third-order valence-corrected chi connectivity index (χ3v) is 3.98. The number of methoxy groups -OCH3 is 1. The number of benzene rings is 2. The fraction of sp³-hybridized carbons (Fsp3) is 0.235. The minimum absolute atomic E-state index is 0.127. The van der Waals surface area contributed by atoms with Gasteiger partial charge in [0, 0.05) is 17.8 Å². The van der Waals surface area contributed by atoms with E-state index < -0.39 is 0 Å². The van der Waals surface area contributed by atoms with Gasteiger partial charge in [0.1, 0.15) is 0 Å². The van der Waals surface area contributed by atoms with Crippen molar-refractivity contribution < 1.29 is 9.53 Å². The van der Waals surface area contributed by atoms with Crippen molar-refractivity contribution >= 4 is 23.3 Å². The normalized spacial score (nSPS) is 11.8. The zero-order chi connectivity index (χ0) is 15.4. The third-order valence-electron chi connectivity index (χ3n) is 3.63. The summed E-state index contributed by atoms with van der Waals surface area (Å²) in [6.45, 7) is 2.09. The Bertz CT molecular complexity index is 625. The van der Waals surface area contributed by atoms with E-state index in [2.05, 4.69) is 11.8 Å². The van der Waals surface area contributed by atoms with Crippen LogP contribution >= 0.6 is 11.6 Å². The molecular formula is C17H18ClNO2. The van der Waals surface area contributed by atoms with Crippen LogP contribution in [0.3, 0.4) is 0 Å². The van der Waals surface area contributed by atoms with Gasteiger partial charge in [-0.3, -0.25) is 0 Å². The Labute approximate surface area is 130 Å². The summed E-state index contributed by atoms with van der Waals surface area (Å²) in [6.07, 6.45) is 0. The van der Waals surface area contributed by atoms with Crippen LogP contribution in [-0.4, -0.2) is 20.1 Å². The van der Waals surface area contributed by atoms with Gasteiger partial charge in [-0.25, -0.2) is 4.79 Å². The number of hydrogen-bond acceptors (Lipinski definition) is 3. The molecule has 0 radical (unpaired) electrons. The van der Waals surface area contributed by atoms with Gasteiger partial charge in [-0.05, 0) is 42.8 Å². The fourth-order valence-electron chi connectivity index (χ4n) is 2.20. The van der Waals surface area contributed by atoms with Crippen LogP contribution in [0, 0.1) is 0 Å². The van der Waals surface area contributed by atoms with E-state index in [1.54, 1.807) is 12.1 Å². The molecule has 3 nitrogen and oxygen atoms in total. The predicted octanol–water partition coefficient (Wildman–Crippen LogP) is 4.32. The molecular weight excluding hydrogens is 286 g/mol. The van der Waals surface area contributed by atoms with Crippen LogP contribution in [0.5, 0.6) is 0 Å². The number of carbonyl (C=O) groups is 1. The third kappa shape index (κ3) is 3.37. The zero-order valence-electron chi connectivity index (χ0n) is 12.3. The SMILES string of the molecule is COC(=O)c1ccc(N(C)[C@@H](C)c2ccccc2Cl)cc1. The molecule has 1 atom stereocenters. The van der Waals surface area contributed by atoms with Crippen LogP contribution in [0.1, 0.15) is 28.9 Å². The second-order valence-electron chi connectivity index (χ2n) is 4.85. The highest BCUT2D eigenvalue weighted by molar-refractivity contribution is 6.31. The van der Waals surface area contributed by atoms with E-state index in [9.17, 15) is 4.79 Å². The van der Waals surface area contributed by atoms with E-state index in [0.29, 0.717) is 5.56 Å². The number of nitrogens with zero attached hydrogens (tertiary/aromatic N) is 1. The van der Waals surface area contributed by atoms with Crippen molar-refractivity contribution in [3.8, 4) is 0 Å². The molecule has 0 saturated heterocycles. The van der Waals surface area contributed by atoms with Gasteiger partial charge >= 0.3 is 5.97 Å². The van der Waals surface area contributed by atoms with Gasteiger partial charge in [0.15, 0.2) is 0 Å². The monoisotopic (exact) mass is 303 g/mol. The Kier molecular flexibility index (Phi) is 4.86. The molecule has 0 N–H and O–H groups in total. The van der Waals surface area contributed by atoms with E-state index in [4.69, 9.17) is 16.3 Å². The predicted molar refractivity (Wildman–Crippen MR) is 86.1 cm³/mol. The summed E-state index contributed by atoms with van der Waals surface area (Å²) >= 11 is 6.25. The first kappa shape index (κ1) is 15.4. The van der Waals surface area contributed by atoms with E-state index in [0.717, 1.165) is 16.3 Å². The molecule has 2 aromatic carbocycles. The summed E-state index contributed by atoms with van der Waals surface area (Å²) in [5.41, 5.74) is 2.62. The van der Waals surface area contributed by atoms with Gasteiger partial charge in [0.05, 0.1) is 18.7 Å². The second kappa shape index (κ2) is 6.64. The van der Waals surface area contributed by atoms with E-state index in [1.807, 2.05) is 43.4 Å². The van der Waals surface area contributed by atoms with Crippen molar-refractivity contribution in [3.05, 3.63) is 64.7 Å². The molecule has 0 heterocycles. The molecule has 0 fully saturated rings. The van der Waals surface area contributed by atoms with Crippen LogP contribution in [0.2, 0.25) is 5.02 Å². The molecule has 0 aliphatic heterocycles. The number of ether oxygens (including phenoxy) is 1. The molecule has 0 aromatic heterocycles. The van der Waals surface area contributed by atoms with Crippen molar-refractivity contribution in [2.24, 2.45) is 0 Å². The van der Waals surface area contributed by atoms with E-state index in [-0.39, 0.29) is 12.0 Å². The van der Waals surface area contributed by atoms with Gasteiger partial charge in [0.25, 0.3) is 0 Å². The Balaban J connectivity index is 2.22. The van der Waals surface area contributed by atoms with E-state index >= 15 is 0 Å². The van der Waals surface area contributed by atoms with Gasteiger partial charge in [-0.15, -0.1) is 0 Å². The highest BCUT2D eigenvalue weighted by Gasteiger charge is 2.15. The molecule has 0 spiro atoms. The van der Waals surface area contributed by atoms with Crippen LogP contribution in [0.15, 0.2) is 48.5 Å². The lowest BCUT2D eigenvalue weighted by atomic mass is 10.1. The van der Waals surface area contributed by atoms with Crippen molar-refractivity contribution in [3.63, 3.8) is 0 Å². The number of esters is 1. The fourth-order valence-corrected chi connectivity index (χ4v) is 2.49. The number of hydrogen-bond donors (Lipinski definition) is 0. The standard InChI is InChI=1S/C17H18ClNO2/c1-12(15-6-4-5-7-16(15)18)19(2)14-10-8-13(9-11-14)17(20)21-3/h4-12H,1-3H3/t12-/m0/s1. The molecule has 0 aliphatic rings. The summed E-state index contributed by atoms with van der Waals surface area (Å²) < 4.78 is 4.70. The maximum Gasteiger partial charge on any atom is 0.337 e. The molecule has 0 amide bonds. The Morgan fingerprint density at radius 3 is 2.33 bits per heavy atom. The lowest BCUT2D eigenvalue weighted by Gasteiger charge is -2.28. The summed E-state index contributed by atoms with van der Waals surface area (Å²) in [5.74, 6) is -0.330. The first-order chi connectivity index (χ1) is 10.0. The van der Waals surface area contributed by atoms with Crippen LogP contribution in [0.25, 0.3) is 0 Å². The molecule has 0 bridgehead atoms. The van der Waals surface area contributed by atoms with Gasteiger partial charge < -0.3 is 9.64 Å². The zero-order valence-corrected chi connectivity index (χ0v) is 13.1. The minimum atomic E-state index is -0.330. The van der Waals surface area contributed by atoms with E-state index in [1.165, 1.54) is 7.11 Å². The number of carbonyl (C=O) groups excluding carboxylic acids is 1. The van der Waals surface area contributed by atoms with Crippen LogP contribution < -0.4 is 4.90 Å². The smallest absolute Gasteiger partial charge is 0.337 e. The Morgan fingerprint density at radius 2 is 1.76 bits per heavy atom. The van der Waals surface area contributed by atoms with Crippen LogP contribution in [0.4, 0.5) is 5.69 Å². The summed E-state index contributed by atoms with van der Waals surface area (Å²) in [6, 6.07) is 15.3. The minimum Gasteiger partial charge on any atom is -0.465 e. The lowest BCUT2D eigenvalue weighted by Crippen LogP contribution is -2.21. The quantitative estimate of drug-likeness (QED) is 0.788. The Hall–Kier alpha value is -2.00. The average Bonchev–Trinajstić information content (AvgIpc) is 2.53. The topological polar surface area (TPSA) is 29.5 Å². The summed E-state index contributed by atoms with van der Waals surface area (Å²) in [4.78, 5) is 13.6. The average molecular weight is 304 g/mol. The largest absolute Gasteiger partial charge is 0.465 e. The molecule has 110 valence electrons. The van der Waals surface area contributed by atoms with Gasteiger partial charge in [-0.1, -0.05) is 29.8 Å². The highest BCUT2D eigenvalue weighted by atomic mass is 35.5. The van der Waals surface area contributed by atoms with Crippen molar-refractivity contribution in [2.45, 2.75) is 13.0 Å². The second-order valence-corrected chi connectivity index (χ2v) is 5.25. The molecule has 21 heavy (non-hydrogen) atoms. The molecule has 2 rings (SSSR count). The maximum atomic E-state index is 11.4. The van der Waals surface area contributed by atoms with Crippen molar-refractivity contribution in [1.82, 2.24) is 0 Å². The first-order valence-corrected chi connectivity index (χ1v) is 7.08. The number of rotatable bonds is 4. The van der Waals surface area contributed by atoms with Gasteiger partial charge in [0.2, 0.25) is 0 Å². The highest BCUT2D eigenvalue weighted by Crippen LogP contribution is 2.29.